The molecule has 2 aromatic carbocycles. The van der Waals surface area contributed by atoms with Gasteiger partial charge in [-0.2, -0.15) is 0 Å². The van der Waals surface area contributed by atoms with Crippen LogP contribution in [0.4, 0.5) is 0 Å². The van der Waals surface area contributed by atoms with E-state index in [-0.39, 0.29) is 6.61 Å². The van der Waals surface area contributed by atoms with Crippen molar-refractivity contribution in [1.82, 2.24) is 0 Å². The monoisotopic (exact) mass is 288 g/mol. The van der Waals surface area contributed by atoms with Crippen molar-refractivity contribution in [3.8, 4) is 17.2 Å². The second-order valence-corrected chi connectivity index (χ2v) is 4.47. The van der Waals surface area contributed by atoms with Crippen LogP contribution in [0.15, 0.2) is 48.5 Å². The van der Waals surface area contributed by atoms with Crippen molar-refractivity contribution in [2.45, 2.75) is 6.42 Å². The van der Waals surface area contributed by atoms with Gasteiger partial charge in [0.1, 0.15) is 19.0 Å². The summed E-state index contributed by atoms with van der Waals surface area (Å²) < 4.78 is 16.4. The lowest BCUT2D eigenvalue weighted by molar-refractivity contribution is 0.211. The van der Waals surface area contributed by atoms with Crippen molar-refractivity contribution in [3.05, 3.63) is 54.1 Å². The highest BCUT2D eigenvalue weighted by Crippen LogP contribution is 2.25. The fourth-order valence-electron chi connectivity index (χ4n) is 1.93. The summed E-state index contributed by atoms with van der Waals surface area (Å²) in [6.07, 6.45) is 0.664. The molecular formula is C17H20O4. The number of para-hydroxylation sites is 2. The lowest BCUT2D eigenvalue weighted by Crippen LogP contribution is -2.09. The van der Waals surface area contributed by atoms with Crippen LogP contribution in [-0.4, -0.2) is 32.0 Å². The number of ether oxygens (including phenoxy) is 3. The zero-order valence-electron chi connectivity index (χ0n) is 12.1. The minimum atomic E-state index is 0.160. The first-order valence-corrected chi connectivity index (χ1v) is 6.92. The summed E-state index contributed by atoms with van der Waals surface area (Å²) in [5, 5.41) is 8.86. The molecule has 0 bridgehead atoms. The Labute approximate surface area is 124 Å². The second-order valence-electron chi connectivity index (χ2n) is 4.47. The summed E-state index contributed by atoms with van der Waals surface area (Å²) in [5.74, 6) is 2.22. The molecule has 0 saturated carbocycles. The SMILES string of the molecule is COc1ccccc1OCCOc1ccc(CCO)cc1. The Morgan fingerprint density at radius 3 is 2.19 bits per heavy atom. The number of aliphatic hydroxyl groups excluding tert-OH is 1. The molecule has 2 aromatic rings. The summed E-state index contributed by atoms with van der Waals surface area (Å²) in [7, 11) is 1.62. The zero-order chi connectivity index (χ0) is 14.9. The maximum Gasteiger partial charge on any atom is 0.161 e. The Bertz CT molecular complexity index is 537. The van der Waals surface area contributed by atoms with E-state index < -0.39 is 0 Å². The Hall–Kier alpha value is -2.20. The molecule has 112 valence electrons. The van der Waals surface area contributed by atoms with Gasteiger partial charge in [0.15, 0.2) is 11.5 Å². The Morgan fingerprint density at radius 2 is 1.52 bits per heavy atom. The molecule has 0 heterocycles. The average molecular weight is 288 g/mol. The molecule has 2 rings (SSSR count). The van der Waals surface area contributed by atoms with Gasteiger partial charge in [0.05, 0.1) is 7.11 Å². The molecule has 0 atom stereocenters. The highest BCUT2D eigenvalue weighted by molar-refractivity contribution is 5.39. The summed E-state index contributed by atoms with van der Waals surface area (Å²) in [4.78, 5) is 0. The smallest absolute Gasteiger partial charge is 0.161 e. The first kappa shape index (κ1) is 15.2. The van der Waals surface area contributed by atoms with E-state index in [9.17, 15) is 0 Å². The lowest BCUT2D eigenvalue weighted by Gasteiger charge is -2.11. The van der Waals surface area contributed by atoms with Crippen LogP contribution < -0.4 is 14.2 Å². The molecular weight excluding hydrogens is 268 g/mol. The topological polar surface area (TPSA) is 47.9 Å². The van der Waals surface area contributed by atoms with E-state index in [1.807, 2.05) is 48.5 Å². The number of benzene rings is 2. The van der Waals surface area contributed by atoms with Crippen LogP contribution in [0.1, 0.15) is 5.56 Å². The number of rotatable bonds is 8. The number of hydrogen-bond donors (Lipinski definition) is 1. The molecule has 0 fully saturated rings. The van der Waals surface area contributed by atoms with Crippen molar-refractivity contribution in [3.63, 3.8) is 0 Å². The van der Waals surface area contributed by atoms with Crippen molar-refractivity contribution in [2.75, 3.05) is 26.9 Å². The average Bonchev–Trinajstić information content (AvgIpc) is 2.54. The first-order valence-electron chi connectivity index (χ1n) is 6.92. The van der Waals surface area contributed by atoms with Crippen molar-refractivity contribution in [2.24, 2.45) is 0 Å². The van der Waals surface area contributed by atoms with E-state index in [0.717, 1.165) is 11.3 Å². The van der Waals surface area contributed by atoms with Gasteiger partial charge in [-0.3, -0.25) is 0 Å². The van der Waals surface area contributed by atoms with E-state index in [1.165, 1.54) is 0 Å². The van der Waals surface area contributed by atoms with Gasteiger partial charge >= 0.3 is 0 Å². The van der Waals surface area contributed by atoms with Crippen LogP contribution >= 0.6 is 0 Å². The van der Waals surface area contributed by atoms with Gasteiger partial charge in [0.2, 0.25) is 0 Å². The minimum absolute atomic E-state index is 0.160. The van der Waals surface area contributed by atoms with E-state index >= 15 is 0 Å². The maximum atomic E-state index is 8.86. The largest absolute Gasteiger partial charge is 0.493 e. The molecule has 4 heteroatoms. The van der Waals surface area contributed by atoms with Crippen LogP contribution in [0.2, 0.25) is 0 Å². The normalized spacial score (nSPS) is 10.2. The summed E-state index contributed by atoms with van der Waals surface area (Å²) >= 11 is 0. The molecule has 0 aliphatic rings. The molecule has 4 nitrogen and oxygen atoms in total. The van der Waals surface area contributed by atoms with Crippen molar-refractivity contribution >= 4 is 0 Å². The zero-order valence-corrected chi connectivity index (χ0v) is 12.1. The molecule has 0 aliphatic heterocycles. The molecule has 0 radical (unpaired) electrons. The Balaban J connectivity index is 1.76. The Kier molecular flexibility index (Phi) is 5.91. The van der Waals surface area contributed by atoms with E-state index in [2.05, 4.69) is 0 Å². The highest BCUT2D eigenvalue weighted by atomic mass is 16.5. The van der Waals surface area contributed by atoms with Crippen LogP contribution in [0.5, 0.6) is 17.2 Å². The van der Waals surface area contributed by atoms with Crippen LogP contribution in [0.3, 0.4) is 0 Å². The number of methoxy groups -OCH3 is 1. The third-order valence-corrected chi connectivity index (χ3v) is 3.00. The van der Waals surface area contributed by atoms with Gasteiger partial charge in [-0.1, -0.05) is 24.3 Å². The fraction of sp³-hybridized carbons (Fsp3) is 0.294. The van der Waals surface area contributed by atoms with Gasteiger partial charge in [-0.15, -0.1) is 0 Å². The molecule has 0 amide bonds. The molecule has 1 N–H and O–H groups in total. The molecule has 0 unspecified atom stereocenters. The van der Waals surface area contributed by atoms with E-state index in [0.29, 0.717) is 31.1 Å². The molecule has 21 heavy (non-hydrogen) atoms. The number of aliphatic hydroxyl groups is 1. The molecule has 0 aliphatic carbocycles. The van der Waals surface area contributed by atoms with Crippen molar-refractivity contribution < 1.29 is 19.3 Å². The third-order valence-electron chi connectivity index (χ3n) is 3.00. The van der Waals surface area contributed by atoms with E-state index in [4.69, 9.17) is 19.3 Å². The van der Waals surface area contributed by atoms with Crippen LogP contribution in [-0.2, 0) is 6.42 Å². The van der Waals surface area contributed by atoms with E-state index in [1.54, 1.807) is 7.11 Å². The highest BCUT2D eigenvalue weighted by Gasteiger charge is 2.02. The van der Waals surface area contributed by atoms with Crippen LogP contribution in [0.25, 0.3) is 0 Å². The van der Waals surface area contributed by atoms with Crippen LogP contribution in [0, 0.1) is 0 Å². The Morgan fingerprint density at radius 1 is 0.857 bits per heavy atom. The maximum absolute atomic E-state index is 8.86. The summed E-state index contributed by atoms with van der Waals surface area (Å²) in [6, 6.07) is 15.2. The van der Waals surface area contributed by atoms with Gasteiger partial charge in [0.25, 0.3) is 0 Å². The standard InChI is InChI=1S/C17H20O4/c1-19-16-4-2-3-5-17(16)21-13-12-20-15-8-6-14(7-9-15)10-11-18/h2-9,18H,10-13H2,1H3. The van der Waals surface area contributed by atoms with Gasteiger partial charge in [0, 0.05) is 6.61 Å². The molecule has 0 saturated heterocycles. The lowest BCUT2D eigenvalue weighted by atomic mass is 10.1. The number of hydrogen-bond acceptors (Lipinski definition) is 4. The third kappa shape index (κ3) is 4.68. The minimum Gasteiger partial charge on any atom is -0.493 e. The first-order chi connectivity index (χ1) is 10.3. The fourth-order valence-corrected chi connectivity index (χ4v) is 1.93. The van der Waals surface area contributed by atoms with Crippen molar-refractivity contribution in [1.29, 1.82) is 0 Å². The quantitative estimate of drug-likeness (QED) is 0.759. The second kappa shape index (κ2) is 8.17. The van der Waals surface area contributed by atoms with Gasteiger partial charge in [-0.25, -0.2) is 0 Å². The molecule has 0 spiro atoms. The summed E-state index contributed by atoms with van der Waals surface area (Å²) in [6.45, 7) is 1.06. The van der Waals surface area contributed by atoms with Gasteiger partial charge in [-0.05, 0) is 36.2 Å². The summed E-state index contributed by atoms with van der Waals surface area (Å²) in [5.41, 5.74) is 1.09. The molecule has 0 aromatic heterocycles. The predicted octanol–water partition coefficient (Wildman–Crippen LogP) is 2.69. The predicted molar refractivity (Wildman–Crippen MR) is 81.2 cm³/mol. The van der Waals surface area contributed by atoms with Gasteiger partial charge < -0.3 is 19.3 Å².